The molecule has 0 radical (unpaired) electrons. The second-order valence-electron chi connectivity index (χ2n) is 10.7. The minimum atomic E-state index is -1.27. The summed E-state index contributed by atoms with van der Waals surface area (Å²) >= 11 is 0. The average Bonchev–Trinajstić information content (AvgIpc) is 3.16. The fraction of sp³-hybridized carbons (Fsp3) is 0.448. The van der Waals surface area contributed by atoms with Crippen molar-refractivity contribution in [3.05, 3.63) is 64.6 Å². The summed E-state index contributed by atoms with van der Waals surface area (Å²) in [5.41, 5.74) is -0.692. The maximum Gasteiger partial charge on any atom is 0.340 e. The van der Waals surface area contributed by atoms with Crippen LogP contribution < -0.4 is 5.32 Å². The van der Waals surface area contributed by atoms with Crippen molar-refractivity contribution in [2.45, 2.75) is 52.2 Å². The quantitative estimate of drug-likeness (QED) is 0.441. The highest BCUT2D eigenvalue weighted by atomic mass is 16.6. The Kier molecular flexibility index (Phi) is 6.30. The third-order valence-corrected chi connectivity index (χ3v) is 8.58. The number of ether oxygens (including phenoxy) is 3. The molecule has 1 heterocycles. The van der Waals surface area contributed by atoms with Gasteiger partial charge in [-0.25, -0.2) is 4.79 Å². The van der Waals surface area contributed by atoms with Crippen LogP contribution >= 0.6 is 0 Å². The molecular formula is C29H31NO8. The molecule has 0 bridgehead atoms. The molecule has 200 valence electrons. The molecule has 1 saturated heterocycles. The minimum absolute atomic E-state index is 0.00502. The Morgan fingerprint density at radius 2 is 1.92 bits per heavy atom. The molecule has 1 saturated carbocycles. The number of methoxy groups -OCH3 is 1. The predicted octanol–water partition coefficient (Wildman–Crippen LogP) is 3.57. The van der Waals surface area contributed by atoms with E-state index in [1.54, 1.807) is 26.0 Å². The number of allylic oxidation sites excluding steroid dienone is 1. The number of aliphatic hydroxyl groups excluding tert-OH is 1. The van der Waals surface area contributed by atoms with Gasteiger partial charge in [-0.1, -0.05) is 25.1 Å². The van der Waals surface area contributed by atoms with E-state index in [9.17, 15) is 24.3 Å². The van der Waals surface area contributed by atoms with Crippen molar-refractivity contribution in [1.29, 1.82) is 0 Å². The van der Waals surface area contributed by atoms with E-state index in [1.807, 2.05) is 18.2 Å². The zero-order valence-electron chi connectivity index (χ0n) is 21.8. The largest absolute Gasteiger partial charge is 0.504 e. The van der Waals surface area contributed by atoms with Crippen molar-refractivity contribution in [3.8, 4) is 0 Å². The molecule has 0 amide bonds. The first-order chi connectivity index (χ1) is 18.0. The Morgan fingerprint density at radius 3 is 2.58 bits per heavy atom. The van der Waals surface area contributed by atoms with E-state index in [-0.39, 0.29) is 42.0 Å². The summed E-state index contributed by atoms with van der Waals surface area (Å²) in [4.78, 5) is 52.4. The van der Waals surface area contributed by atoms with Crippen LogP contribution in [0.4, 0.5) is 5.69 Å². The van der Waals surface area contributed by atoms with Crippen LogP contribution in [0, 0.1) is 16.7 Å². The standard InChI is InChI=1S/C29H31NO8/c1-15(31)37-19-12-28(2)18(10-11-20(28)32)22-24(19)29(3)21(14-36-4)38-27(35)17(23(29)26(34)25(22)33)13-30-16-8-6-5-7-9-16/h5-9,13,18-19,21,30,34H,10-12,14H2,1-4H3/b17-13-/t18-,19+,21+,28-,29-/m0/s1. The second kappa shape index (κ2) is 9.23. The Hall–Kier alpha value is -3.72. The van der Waals surface area contributed by atoms with E-state index in [0.717, 1.165) is 0 Å². The second-order valence-corrected chi connectivity index (χ2v) is 10.7. The number of anilines is 1. The smallest absolute Gasteiger partial charge is 0.340 e. The van der Waals surface area contributed by atoms with Gasteiger partial charge in [0.25, 0.3) is 0 Å². The number of fused-ring (bicyclic) bond motifs is 4. The van der Waals surface area contributed by atoms with Gasteiger partial charge in [0.15, 0.2) is 5.76 Å². The molecule has 2 fully saturated rings. The van der Waals surface area contributed by atoms with Crippen molar-refractivity contribution in [2.75, 3.05) is 19.0 Å². The number of carbonyl (C=O) groups is 4. The lowest BCUT2D eigenvalue weighted by Gasteiger charge is -2.53. The van der Waals surface area contributed by atoms with Gasteiger partial charge in [0.05, 0.1) is 17.6 Å². The number of para-hydroxylation sites is 1. The number of cyclic esters (lactones) is 1. The molecule has 5 atom stereocenters. The molecular weight excluding hydrogens is 490 g/mol. The van der Waals surface area contributed by atoms with E-state index in [2.05, 4.69) is 5.32 Å². The van der Waals surface area contributed by atoms with E-state index in [1.165, 1.54) is 20.2 Å². The monoisotopic (exact) mass is 521 g/mol. The lowest BCUT2D eigenvalue weighted by atomic mass is 9.53. The first-order valence-corrected chi connectivity index (χ1v) is 12.7. The molecule has 4 aliphatic rings. The summed E-state index contributed by atoms with van der Waals surface area (Å²) in [5, 5.41) is 14.5. The number of carbonyl (C=O) groups excluding carboxylic acids is 4. The lowest BCUT2D eigenvalue weighted by Crippen LogP contribution is -2.57. The van der Waals surface area contributed by atoms with Crippen molar-refractivity contribution in [2.24, 2.45) is 16.7 Å². The molecule has 38 heavy (non-hydrogen) atoms. The van der Waals surface area contributed by atoms with Crippen LogP contribution in [0.1, 0.15) is 40.0 Å². The summed E-state index contributed by atoms with van der Waals surface area (Å²) < 4.78 is 17.1. The zero-order valence-corrected chi connectivity index (χ0v) is 21.8. The SMILES string of the molecule is COC[C@H]1OC(=O)/C(=C\Nc2ccccc2)C2=C(O)C(=O)C3=C([C@H](OC(C)=O)C[C@]4(C)C(=O)CC[C@@H]34)[C@]21C. The van der Waals surface area contributed by atoms with Gasteiger partial charge >= 0.3 is 11.9 Å². The van der Waals surface area contributed by atoms with Gasteiger partial charge in [0.2, 0.25) is 5.78 Å². The molecule has 1 aromatic carbocycles. The van der Waals surface area contributed by atoms with Crippen molar-refractivity contribution in [1.82, 2.24) is 0 Å². The van der Waals surface area contributed by atoms with Crippen LogP contribution in [-0.2, 0) is 33.4 Å². The molecule has 1 aliphatic heterocycles. The van der Waals surface area contributed by atoms with E-state index in [4.69, 9.17) is 14.2 Å². The van der Waals surface area contributed by atoms with E-state index >= 15 is 0 Å². The molecule has 2 N–H and O–H groups in total. The highest BCUT2D eigenvalue weighted by Gasteiger charge is 2.64. The Balaban J connectivity index is 1.74. The third kappa shape index (κ3) is 3.71. The molecule has 0 aromatic heterocycles. The number of hydrogen-bond donors (Lipinski definition) is 2. The lowest BCUT2D eigenvalue weighted by molar-refractivity contribution is -0.160. The molecule has 1 aromatic rings. The minimum Gasteiger partial charge on any atom is -0.504 e. The van der Waals surface area contributed by atoms with Gasteiger partial charge in [-0.15, -0.1) is 0 Å². The number of esters is 2. The van der Waals surface area contributed by atoms with Crippen LogP contribution in [0.25, 0.3) is 0 Å². The summed E-state index contributed by atoms with van der Waals surface area (Å²) in [5.74, 6) is -2.99. The molecule has 0 unspecified atom stereocenters. The zero-order chi connectivity index (χ0) is 27.4. The van der Waals surface area contributed by atoms with Gasteiger partial charge in [-0.3, -0.25) is 14.4 Å². The van der Waals surface area contributed by atoms with Gasteiger partial charge in [-0.2, -0.15) is 0 Å². The normalized spacial score (nSPS) is 33.5. The maximum atomic E-state index is 13.9. The Bertz CT molecular complexity index is 1330. The van der Waals surface area contributed by atoms with Gasteiger partial charge < -0.3 is 24.6 Å². The topological polar surface area (TPSA) is 128 Å². The highest BCUT2D eigenvalue weighted by Crippen LogP contribution is 2.62. The third-order valence-electron chi connectivity index (χ3n) is 8.58. The number of benzene rings is 1. The van der Waals surface area contributed by atoms with Crippen LogP contribution in [0.5, 0.6) is 0 Å². The average molecular weight is 522 g/mol. The van der Waals surface area contributed by atoms with Crippen LogP contribution in [-0.4, -0.2) is 54.5 Å². The summed E-state index contributed by atoms with van der Waals surface area (Å²) in [7, 11) is 1.46. The summed E-state index contributed by atoms with van der Waals surface area (Å²) in [6, 6.07) is 9.09. The Labute approximate surface area is 220 Å². The van der Waals surface area contributed by atoms with E-state index < -0.39 is 52.4 Å². The number of ketones is 2. The Morgan fingerprint density at radius 1 is 1.21 bits per heavy atom. The number of hydrogen-bond acceptors (Lipinski definition) is 9. The number of nitrogens with one attached hydrogen (secondary N) is 1. The van der Waals surface area contributed by atoms with Crippen LogP contribution in [0.15, 0.2) is 64.6 Å². The molecule has 5 rings (SSSR count). The van der Waals surface area contributed by atoms with Crippen LogP contribution in [0.3, 0.4) is 0 Å². The molecule has 9 heteroatoms. The summed E-state index contributed by atoms with van der Waals surface area (Å²) in [6.45, 7) is 4.80. The summed E-state index contributed by atoms with van der Waals surface area (Å²) in [6.07, 6.45) is 0.482. The first kappa shape index (κ1) is 25.9. The van der Waals surface area contributed by atoms with Crippen molar-refractivity contribution in [3.63, 3.8) is 0 Å². The molecule has 3 aliphatic carbocycles. The fourth-order valence-corrected chi connectivity index (χ4v) is 6.79. The van der Waals surface area contributed by atoms with E-state index in [0.29, 0.717) is 17.7 Å². The van der Waals surface area contributed by atoms with Gasteiger partial charge in [0.1, 0.15) is 18.0 Å². The first-order valence-electron chi connectivity index (χ1n) is 12.7. The molecule has 0 spiro atoms. The predicted molar refractivity (Wildman–Crippen MR) is 136 cm³/mol. The fourth-order valence-electron chi connectivity index (χ4n) is 6.79. The van der Waals surface area contributed by atoms with Crippen molar-refractivity contribution >= 4 is 29.2 Å². The number of aliphatic hydroxyl groups is 1. The highest BCUT2D eigenvalue weighted by molar-refractivity contribution is 6.14. The van der Waals surface area contributed by atoms with Crippen molar-refractivity contribution < 1.29 is 38.5 Å². The van der Waals surface area contributed by atoms with Crippen LogP contribution in [0.2, 0.25) is 0 Å². The maximum absolute atomic E-state index is 13.9. The van der Waals surface area contributed by atoms with Gasteiger partial charge in [-0.05, 0) is 31.1 Å². The molecule has 9 nitrogen and oxygen atoms in total. The van der Waals surface area contributed by atoms with Gasteiger partial charge in [0, 0.05) is 61.2 Å². The number of Topliss-reactive ketones (excluding diaryl/α,β-unsaturated/α-hetero) is 2. The number of rotatable bonds is 5.